The van der Waals surface area contributed by atoms with Crippen molar-refractivity contribution >= 4 is 28.6 Å². The quantitative estimate of drug-likeness (QED) is 0.691. The normalized spacial score (nSPS) is 12.2. The van der Waals surface area contributed by atoms with Gasteiger partial charge in [0, 0.05) is 0 Å². The molecule has 0 saturated carbocycles. The Hall–Kier alpha value is -1.67. The molecule has 3 heterocycles. The maximum absolute atomic E-state index is 12.5. The molecule has 9 heteroatoms. The summed E-state index contributed by atoms with van der Waals surface area (Å²) < 4.78 is 39.0. The molecule has 3 aromatic heterocycles. The van der Waals surface area contributed by atoms with Gasteiger partial charge >= 0.3 is 6.18 Å². The highest BCUT2D eigenvalue weighted by atomic mass is 35.5. The molecule has 98 valence electrons. The molecule has 0 amide bonds. The van der Waals surface area contributed by atoms with Crippen molar-refractivity contribution in [2.45, 2.75) is 6.18 Å². The molecule has 0 N–H and O–H groups in total. The second-order valence-electron chi connectivity index (χ2n) is 3.60. The summed E-state index contributed by atoms with van der Waals surface area (Å²) in [5, 5.41) is 4.40. The Morgan fingerprint density at radius 2 is 1.95 bits per heavy atom. The van der Waals surface area contributed by atoms with Crippen LogP contribution in [-0.4, -0.2) is 19.6 Å². The van der Waals surface area contributed by atoms with Crippen LogP contribution in [0.3, 0.4) is 0 Å². The number of imidazole rings is 1. The number of thiazole rings is 1. The molecule has 0 bridgehead atoms. The molecule has 0 saturated heterocycles. The zero-order valence-electron chi connectivity index (χ0n) is 9.02. The Balaban J connectivity index is 2.14. The van der Waals surface area contributed by atoms with Crippen molar-refractivity contribution in [2.24, 2.45) is 0 Å². The molecule has 0 unspecified atom stereocenters. The summed E-state index contributed by atoms with van der Waals surface area (Å²) in [6.07, 6.45) is -2.19. The van der Waals surface area contributed by atoms with E-state index in [9.17, 15) is 13.2 Å². The summed E-state index contributed by atoms with van der Waals surface area (Å²) >= 11 is 6.29. The Kier molecular flexibility index (Phi) is 2.72. The molecule has 0 aliphatic rings. The van der Waals surface area contributed by atoms with Gasteiger partial charge in [-0.2, -0.15) is 18.3 Å². The van der Waals surface area contributed by atoms with Crippen LogP contribution in [0.4, 0.5) is 13.2 Å². The first-order chi connectivity index (χ1) is 8.95. The first kappa shape index (κ1) is 12.4. The van der Waals surface area contributed by atoms with Gasteiger partial charge in [0.05, 0.1) is 12.4 Å². The van der Waals surface area contributed by atoms with Crippen LogP contribution in [0.25, 0.3) is 16.3 Å². The number of alkyl halides is 3. The number of aromatic nitrogens is 4. The first-order valence-corrected chi connectivity index (χ1v) is 6.18. The van der Waals surface area contributed by atoms with Crippen LogP contribution >= 0.6 is 22.9 Å². The van der Waals surface area contributed by atoms with E-state index < -0.39 is 11.1 Å². The molecule has 0 aliphatic heterocycles. The third kappa shape index (κ3) is 2.17. The Labute approximate surface area is 113 Å². The Morgan fingerprint density at radius 1 is 1.16 bits per heavy atom. The third-order valence-electron chi connectivity index (χ3n) is 2.33. The van der Waals surface area contributed by atoms with Crippen molar-refractivity contribution in [2.75, 3.05) is 0 Å². The number of hydrogen-bond acceptors (Lipinski definition) is 4. The Morgan fingerprint density at radius 3 is 2.63 bits per heavy atom. The summed E-state index contributed by atoms with van der Waals surface area (Å²) in [6, 6.07) is 3.17. The van der Waals surface area contributed by atoms with E-state index in [4.69, 9.17) is 11.6 Å². The fourth-order valence-corrected chi connectivity index (χ4v) is 2.44. The van der Waals surface area contributed by atoms with Gasteiger partial charge in [-0.25, -0.2) is 14.5 Å². The maximum Gasteiger partial charge on any atom is 0.427 e. The van der Waals surface area contributed by atoms with E-state index in [2.05, 4.69) is 15.1 Å². The average Bonchev–Trinajstić information content (AvgIpc) is 2.92. The second-order valence-corrected chi connectivity index (χ2v) is 5.01. The van der Waals surface area contributed by atoms with Crippen LogP contribution in [0.5, 0.6) is 0 Å². The summed E-state index contributed by atoms with van der Waals surface area (Å²) in [6.45, 7) is 0. The van der Waals surface area contributed by atoms with Gasteiger partial charge in [-0.1, -0.05) is 11.6 Å². The van der Waals surface area contributed by atoms with Crippen molar-refractivity contribution in [1.82, 2.24) is 19.6 Å². The van der Waals surface area contributed by atoms with E-state index in [1.54, 1.807) is 12.1 Å². The molecular weight excluding hydrogens is 301 g/mol. The van der Waals surface area contributed by atoms with Crippen LogP contribution in [0.15, 0.2) is 24.5 Å². The molecule has 0 aromatic carbocycles. The van der Waals surface area contributed by atoms with Gasteiger partial charge in [0.2, 0.25) is 0 Å². The van der Waals surface area contributed by atoms with Gasteiger partial charge in [0.25, 0.3) is 0 Å². The minimum Gasteiger partial charge on any atom is -0.242 e. The van der Waals surface area contributed by atoms with Crippen LogP contribution in [0.2, 0.25) is 5.15 Å². The zero-order valence-corrected chi connectivity index (χ0v) is 10.6. The van der Waals surface area contributed by atoms with Crippen molar-refractivity contribution in [1.29, 1.82) is 0 Å². The molecule has 3 rings (SSSR count). The predicted octanol–water partition coefficient (Wildman–Crippen LogP) is 3.52. The van der Waals surface area contributed by atoms with Crippen LogP contribution in [-0.2, 0) is 6.18 Å². The smallest absolute Gasteiger partial charge is 0.242 e. The van der Waals surface area contributed by atoms with Gasteiger partial charge < -0.3 is 0 Å². The molecule has 4 nitrogen and oxygen atoms in total. The second kappa shape index (κ2) is 4.17. The summed E-state index contributed by atoms with van der Waals surface area (Å²) in [5.74, 6) is 0. The van der Waals surface area contributed by atoms with Gasteiger partial charge in [-0.3, -0.25) is 0 Å². The molecule has 0 radical (unpaired) electrons. The van der Waals surface area contributed by atoms with Crippen LogP contribution < -0.4 is 0 Å². The lowest BCUT2D eigenvalue weighted by atomic mass is 10.5. The predicted molar refractivity (Wildman–Crippen MR) is 64.1 cm³/mol. The van der Waals surface area contributed by atoms with E-state index in [-0.39, 0.29) is 10.2 Å². The number of halogens is 4. The van der Waals surface area contributed by atoms with Crippen molar-refractivity contribution in [3.63, 3.8) is 0 Å². The van der Waals surface area contributed by atoms with E-state index in [0.29, 0.717) is 22.7 Å². The first-order valence-electron chi connectivity index (χ1n) is 4.99. The minimum absolute atomic E-state index is 0.189. The van der Waals surface area contributed by atoms with E-state index in [0.717, 1.165) is 6.20 Å². The molecule has 0 spiro atoms. The highest BCUT2D eigenvalue weighted by Gasteiger charge is 2.33. The van der Waals surface area contributed by atoms with Gasteiger partial charge in [-0.15, -0.1) is 11.3 Å². The maximum atomic E-state index is 12.5. The largest absolute Gasteiger partial charge is 0.427 e. The van der Waals surface area contributed by atoms with Gasteiger partial charge in [-0.05, 0) is 12.1 Å². The summed E-state index contributed by atoms with van der Waals surface area (Å²) in [4.78, 5) is 7.03. The topological polar surface area (TPSA) is 43.1 Å². The lowest BCUT2D eigenvalue weighted by Crippen LogP contribution is -2.00. The monoisotopic (exact) mass is 304 g/mol. The van der Waals surface area contributed by atoms with Crippen LogP contribution in [0.1, 0.15) is 4.88 Å². The highest BCUT2D eigenvalue weighted by molar-refractivity contribution is 7.15. The summed E-state index contributed by atoms with van der Waals surface area (Å²) in [7, 11) is 0. The summed E-state index contributed by atoms with van der Waals surface area (Å²) in [5.41, 5.74) is 0.862. The van der Waals surface area contributed by atoms with Crippen molar-refractivity contribution in [3.05, 3.63) is 34.6 Å². The SMILES string of the molecule is FC(F)(F)c1cnc(-c2cnc3ccc(Cl)nn23)s1. The minimum atomic E-state index is -4.40. The molecule has 0 atom stereocenters. The van der Waals surface area contributed by atoms with E-state index in [1.807, 2.05) is 0 Å². The third-order valence-corrected chi connectivity index (χ3v) is 3.60. The molecule has 3 aromatic rings. The lowest BCUT2D eigenvalue weighted by molar-refractivity contribution is -0.134. The van der Waals surface area contributed by atoms with Crippen LogP contribution in [0, 0.1) is 0 Å². The van der Waals surface area contributed by atoms with Crippen molar-refractivity contribution in [3.8, 4) is 10.7 Å². The highest BCUT2D eigenvalue weighted by Crippen LogP contribution is 2.36. The standard InChI is InChI=1S/C10H4ClF3N4S/c11-7-1-2-8-15-3-5(18(8)17-7)9-16-4-6(19-9)10(12,13)14/h1-4H. The fraction of sp³-hybridized carbons (Fsp3) is 0.100. The van der Waals surface area contributed by atoms with Gasteiger partial charge in [0.1, 0.15) is 20.7 Å². The van der Waals surface area contributed by atoms with E-state index in [1.165, 1.54) is 10.7 Å². The molecule has 0 aliphatic carbocycles. The zero-order chi connectivity index (χ0) is 13.6. The van der Waals surface area contributed by atoms with Crippen molar-refractivity contribution < 1.29 is 13.2 Å². The number of fused-ring (bicyclic) bond motifs is 1. The molecular formula is C10H4ClF3N4S. The fourth-order valence-electron chi connectivity index (χ4n) is 1.52. The number of hydrogen-bond donors (Lipinski definition) is 0. The number of nitrogens with zero attached hydrogens (tertiary/aromatic N) is 4. The number of rotatable bonds is 1. The lowest BCUT2D eigenvalue weighted by Gasteiger charge is -2.00. The Bertz CT molecular complexity index is 749. The molecule has 0 fully saturated rings. The van der Waals surface area contributed by atoms with E-state index >= 15 is 0 Å². The van der Waals surface area contributed by atoms with Gasteiger partial charge in [0.15, 0.2) is 5.65 Å². The molecule has 19 heavy (non-hydrogen) atoms. The average molecular weight is 305 g/mol.